The third-order valence-electron chi connectivity index (χ3n) is 3.17. The molecule has 0 radical (unpaired) electrons. The van der Waals surface area contributed by atoms with E-state index in [9.17, 15) is 13.6 Å². The second-order valence-corrected chi connectivity index (χ2v) is 4.68. The maximum absolute atomic E-state index is 13.8. The number of aromatic nitrogens is 4. The predicted molar refractivity (Wildman–Crippen MR) is 69.2 cm³/mol. The Hall–Kier alpha value is -2.38. The van der Waals surface area contributed by atoms with Gasteiger partial charge in [-0.3, -0.25) is 4.79 Å². The zero-order chi connectivity index (χ0) is 15.4. The summed E-state index contributed by atoms with van der Waals surface area (Å²) < 4.78 is 28.3. The Morgan fingerprint density at radius 2 is 2.19 bits per heavy atom. The molecule has 1 N–H and O–H groups in total. The van der Waals surface area contributed by atoms with E-state index in [4.69, 9.17) is 5.11 Å². The average molecular weight is 296 g/mol. The van der Waals surface area contributed by atoms with E-state index in [0.29, 0.717) is 6.42 Å². The summed E-state index contributed by atoms with van der Waals surface area (Å²) in [4.78, 5) is 10.8. The molecule has 0 aliphatic rings. The standard InChI is InChI=1S/C13H14F2N4O2/c1-2-8(5-12(20)21)7-19-13(16-17-18-19)10-6-9(14)3-4-11(10)15/h3-4,6,8H,2,5,7H2,1H3,(H,20,21). The number of benzene rings is 1. The maximum atomic E-state index is 13.8. The van der Waals surface area contributed by atoms with Gasteiger partial charge in [0.1, 0.15) is 11.6 Å². The molecule has 2 aromatic rings. The van der Waals surface area contributed by atoms with Gasteiger partial charge in [-0.2, -0.15) is 0 Å². The zero-order valence-electron chi connectivity index (χ0n) is 11.3. The maximum Gasteiger partial charge on any atom is 0.303 e. The molecule has 0 aliphatic carbocycles. The molecule has 0 fully saturated rings. The van der Waals surface area contributed by atoms with E-state index in [1.54, 1.807) is 0 Å². The molecule has 6 nitrogen and oxygen atoms in total. The predicted octanol–water partition coefficient (Wildman–Crippen LogP) is 2.12. The van der Waals surface area contributed by atoms with Crippen molar-refractivity contribution in [1.82, 2.24) is 20.2 Å². The van der Waals surface area contributed by atoms with Gasteiger partial charge < -0.3 is 5.11 Å². The Bertz CT molecular complexity index is 645. The van der Waals surface area contributed by atoms with Crippen molar-refractivity contribution in [2.24, 2.45) is 5.92 Å². The van der Waals surface area contributed by atoms with E-state index >= 15 is 0 Å². The van der Waals surface area contributed by atoms with Gasteiger partial charge in [-0.1, -0.05) is 13.3 Å². The van der Waals surface area contributed by atoms with E-state index in [1.807, 2.05) is 6.92 Å². The minimum absolute atomic E-state index is 0.0402. The van der Waals surface area contributed by atoms with Crippen LogP contribution in [-0.2, 0) is 11.3 Å². The lowest BCUT2D eigenvalue weighted by Crippen LogP contribution is -2.16. The van der Waals surface area contributed by atoms with Gasteiger partial charge in [0.2, 0.25) is 0 Å². The van der Waals surface area contributed by atoms with Gasteiger partial charge in [-0.15, -0.1) is 5.10 Å². The lowest BCUT2D eigenvalue weighted by molar-refractivity contribution is -0.138. The molecule has 0 bridgehead atoms. The molecule has 0 saturated heterocycles. The van der Waals surface area contributed by atoms with Crippen LogP contribution >= 0.6 is 0 Å². The van der Waals surface area contributed by atoms with Crippen LogP contribution in [0.15, 0.2) is 18.2 Å². The van der Waals surface area contributed by atoms with Crippen LogP contribution in [0.25, 0.3) is 11.4 Å². The smallest absolute Gasteiger partial charge is 0.303 e. The summed E-state index contributed by atoms with van der Waals surface area (Å²) in [5.41, 5.74) is -0.0508. The monoisotopic (exact) mass is 296 g/mol. The summed E-state index contributed by atoms with van der Waals surface area (Å²) in [7, 11) is 0. The minimum atomic E-state index is -0.923. The topological polar surface area (TPSA) is 80.9 Å². The van der Waals surface area contributed by atoms with Gasteiger partial charge in [0, 0.05) is 13.0 Å². The molecule has 21 heavy (non-hydrogen) atoms. The molecule has 2 rings (SSSR count). The van der Waals surface area contributed by atoms with Crippen LogP contribution in [0.5, 0.6) is 0 Å². The first kappa shape index (κ1) is 15.0. The van der Waals surface area contributed by atoms with Crippen LogP contribution < -0.4 is 0 Å². The first-order valence-corrected chi connectivity index (χ1v) is 6.44. The van der Waals surface area contributed by atoms with E-state index in [-0.39, 0.29) is 30.3 Å². The molecule has 1 aromatic carbocycles. The molecule has 0 spiro atoms. The summed E-state index contributed by atoms with van der Waals surface area (Å²) >= 11 is 0. The van der Waals surface area contributed by atoms with Crippen LogP contribution in [-0.4, -0.2) is 31.3 Å². The summed E-state index contributed by atoms with van der Waals surface area (Å²) in [6, 6.07) is 3.01. The van der Waals surface area contributed by atoms with Crippen molar-refractivity contribution < 1.29 is 18.7 Å². The molecule has 0 amide bonds. The summed E-state index contributed by atoms with van der Waals surface area (Å²) in [6.45, 7) is 2.07. The highest BCUT2D eigenvalue weighted by atomic mass is 19.1. The number of aliphatic carboxylic acids is 1. The largest absolute Gasteiger partial charge is 0.481 e. The highest BCUT2D eigenvalue weighted by Gasteiger charge is 2.18. The number of tetrazole rings is 1. The third-order valence-corrected chi connectivity index (χ3v) is 3.17. The van der Waals surface area contributed by atoms with Crippen molar-refractivity contribution in [2.75, 3.05) is 0 Å². The Morgan fingerprint density at radius 3 is 2.86 bits per heavy atom. The van der Waals surface area contributed by atoms with E-state index in [1.165, 1.54) is 4.68 Å². The van der Waals surface area contributed by atoms with Gasteiger partial charge in [0.05, 0.1) is 5.56 Å². The third kappa shape index (κ3) is 3.59. The van der Waals surface area contributed by atoms with Crippen molar-refractivity contribution in [1.29, 1.82) is 0 Å². The quantitative estimate of drug-likeness (QED) is 0.883. The molecule has 1 atom stereocenters. The normalized spacial score (nSPS) is 12.3. The summed E-state index contributed by atoms with van der Waals surface area (Å²) in [6.07, 6.45) is 0.568. The molecular weight excluding hydrogens is 282 g/mol. The molecule has 1 aromatic heterocycles. The highest BCUT2D eigenvalue weighted by Crippen LogP contribution is 2.22. The molecular formula is C13H14F2N4O2. The van der Waals surface area contributed by atoms with Gasteiger partial charge in [0.25, 0.3) is 0 Å². The lowest BCUT2D eigenvalue weighted by Gasteiger charge is -2.13. The van der Waals surface area contributed by atoms with Crippen molar-refractivity contribution >= 4 is 5.97 Å². The first-order chi connectivity index (χ1) is 10.0. The fourth-order valence-electron chi connectivity index (χ4n) is 2.02. The fourth-order valence-corrected chi connectivity index (χ4v) is 2.02. The Morgan fingerprint density at radius 1 is 1.43 bits per heavy atom. The van der Waals surface area contributed by atoms with Crippen LogP contribution in [0.2, 0.25) is 0 Å². The summed E-state index contributed by atoms with van der Waals surface area (Å²) in [5, 5.41) is 19.7. The number of halogens is 2. The average Bonchev–Trinajstić information content (AvgIpc) is 2.88. The zero-order valence-corrected chi connectivity index (χ0v) is 11.3. The van der Waals surface area contributed by atoms with Crippen molar-refractivity contribution in [3.8, 4) is 11.4 Å². The second-order valence-electron chi connectivity index (χ2n) is 4.68. The van der Waals surface area contributed by atoms with Crippen LogP contribution in [0.3, 0.4) is 0 Å². The highest BCUT2D eigenvalue weighted by molar-refractivity contribution is 5.67. The molecule has 1 unspecified atom stereocenters. The SMILES string of the molecule is CCC(CC(=O)O)Cn1nnnc1-c1cc(F)ccc1F. The molecule has 8 heteroatoms. The van der Waals surface area contributed by atoms with Crippen molar-refractivity contribution in [3.05, 3.63) is 29.8 Å². The molecule has 0 aliphatic heterocycles. The van der Waals surface area contributed by atoms with Crippen LogP contribution in [0.4, 0.5) is 8.78 Å². The number of hydrogen-bond donors (Lipinski definition) is 1. The summed E-state index contributed by atoms with van der Waals surface area (Å²) in [5.74, 6) is -2.28. The fraction of sp³-hybridized carbons (Fsp3) is 0.385. The van der Waals surface area contributed by atoms with Gasteiger partial charge in [0.15, 0.2) is 5.82 Å². The van der Waals surface area contributed by atoms with Gasteiger partial charge in [-0.25, -0.2) is 13.5 Å². The number of rotatable bonds is 6. The van der Waals surface area contributed by atoms with E-state index in [0.717, 1.165) is 18.2 Å². The van der Waals surface area contributed by atoms with Crippen molar-refractivity contribution in [3.63, 3.8) is 0 Å². The van der Waals surface area contributed by atoms with E-state index < -0.39 is 17.6 Å². The Balaban J connectivity index is 2.30. The Labute approximate surface area is 119 Å². The van der Waals surface area contributed by atoms with E-state index in [2.05, 4.69) is 15.5 Å². The van der Waals surface area contributed by atoms with Crippen LogP contribution in [0.1, 0.15) is 19.8 Å². The lowest BCUT2D eigenvalue weighted by atomic mass is 10.0. The van der Waals surface area contributed by atoms with Gasteiger partial charge >= 0.3 is 5.97 Å². The van der Waals surface area contributed by atoms with Crippen molar-refractivity contribution in [2.45, 2.75) is 26.3 Å². The number of hydrogen-bond acceptors (Lipinski definition) is 4. The number of nitrogens with zero attached hydrogens (tertiary/aromatic N) is 4. The number of carboxylic acids is 1. The molecule has 0 saturated carbocycles. The molecule has 112 valence electrons. The van der Waals surface area contributed by atoms with Crippen LogP contribution in [0, 0.1) is 17.6 Å². The Kier molecular flexibility index (Phi) is 4.56. The second kappa shape index (κ2) is 6.38. The number of carbonyl (C=O) groups is 1. The number of carboxylic acid groups (broad SMARTS) is 1. The minimum Gasteiger partial charge on any atom is -0.481 e. The van der Waals surface area contributed by atoms with Gasteiger partial charge in [-0.05, 0) is 34.5 Å². The first-order valence-electron chi connectivity index (χ1n) is 6.44. The molecule has 1 heterocycles.